The lowest BCUT2D eigenvalue weighted by atomic mass is 10.1. The summed E-state index contributed by atoms with van der Waals surface area (Å²) in [6, 6.07) is 13.3. The zero-order valence-corrected chi connectivity index (χ0v) is 13.7. The highest BCUT2D eigenvalue weighted by Gasteiger charge is 2.02. The van der Waals surface area contributed by atoms with E-state index in [4.69, 9.17) is 9.84 Å². The Hall–Kier alpha value is -3.15. The first kappa shape index (κ1) is 16.7. The van der Waals surface area contributed by atoms with Gasteiger partial charge in [-0.3, -0.25) is 14.9 Å². The van der Waals surface area contributed by atoms with Crippen molar-refractivity contribution in [3.05, 3.63) is 66.0 Å². The van der Waals surface area contributed by atoms with E-state index >= 15 is 0 Å². The number of rotatable bonds is 8. The van der Waals surface area contributed by atoms with Crippen LogP contribution < -0.4 is 4.74 Å². The summed E-state index contributed by atoms with van der Waals surface area (Å²) < 4.78 is 5.71. The van der Waals surface area contributed by atoms with Gasteiger partial charge in [0.1, 0.15) is 5.75 Å². The summed E-state index contributed by atoms with van der Waals surface area (Å²) in [5, 5.41) is 15.5. The minimum atomic E-state index is -0.812. The molecule has 3 rings (SSSR count). The van der Waals surface area contributed by atoms with Gasteiger partial charge in [-0.05, 0) is 42.2 Å². The molecule has 1 aromatic carbocycles. The quantitative estimate of drug-likeness (QED) is 0.617. The van der Waals surface area contributed by atoms with Crippen molar-refractivity contribution in [3.8, 4) is 17.1 Å². The molecule has 0 unspecified atom stereocenters. The van der Waals surface area contributed by atoms with Crippen LogP contribution in [-0.4, -0.2) is 32.9 Å². The number of aromatic amines is 1. The number of carbonyl (C=O) groups is 1. The van der Waals surface area contributed by atoms with Gasteiger partial charge in [0.2, 0.25) is 0 Å². The molecular weight excluding hydrogens is 318 g/mol. The number of carboxylic acid groups (broad SMARTS) is 1. The molecule has 0 saturated carbocycles. The molecule has 0 atom stereocenters. The van der Waals surface area contributed by atoms with Gasteiger partial charge in [-0.15, -0.1) is 0 Å². The van der Waals surface area contributed by atoms with Crippen LogP contribution in [0.2, 0.25) is 0 Å². The van der Waals surface area contributed by atoms with E-state index in [9.17, 15) is 4.79 Å². The van der Waals surface area contributed by atoms with Crippen molar-refractivity contribution in [2.75, 3.05) is 6.61 Å². The van der Waals surface area contributed by atoms with Gasteiger partial charge in [-0.1, -0.05) is 24.3 Å². The van der Waals surface area contributed by atoms with Gasteiger partial charge < -0.3 is 9.84 Å². The summed E-state index contributed by atoms with van der Waals surface area (Å²) in [6.45, 7) is 0.599. The van der Waals surface area contributed by atoms with E-state index in [2.05, 4.69) is 15.2 Å². The lowest BCUT2D eigenvalue weighted by Gasteiger charge is -2.07. The molecule has 0 radical (unpaired) electrons. The van der Waals surface area contributed by atoms with E-state index < -0.39 is 5.97 Å². The third-order valence-corrected chi connectivity index (χ3v) is 3.77. The molecule has 2 N–H and O–H groups in total. The second-order valence-electron chi connectivity index (χ2n) is 5.69. The predicted molar refractivity (Wildman–Crippen MR) is 93.4 cm³/mol. The van der Waals surface area contributed by atoms with Crippen molar-refractivity contribution in [1.82, 2.24) is 15.2 Å². The topological polar surface area (TPSA) is 88.1 Å². The van der Waals surface area contributed by atoms with Gasteiger partial charge in [0, 0.05) is 6.20 Å². The van der Waals surface area contributed by atoms with Crippen molar-refractivity contribution in [3.63, 3.8) is 0 Å². The number of aliphatic carboxylic acids is 1. The number of H-pyrrole nitrogens is 1. The molecule has 0 amide bonds. The first-order valence-electron chi connectivity index (χ1n) is 8.09. The molecule has 3 aromatic rings. The molecule has 6 nitrogen and oxygen atoms in total. The van der Waals surface area contributed by atoms with Crippen LogP contribution >= 0.6 is 0 Å². The maximum absolute atomic E-state index is 10.7. The first-order chi connectivity index (χ1) is 12.2. The van der Waals surface area contributed by atoms with Crippen LogP contribution in [0.5, 0.6) is 5.75 Å². The van der Waals surface area contributed by atoms with Gasteiger partial charge in [-0.2, -0.15) is 5.10 Å². The highest BCUT2D eigenvalue weighted by Crippen LogP contribution is 2.17. The number of aryl methyl sites for hydroxylation is 1. The van der Waals surface area contributed by atoms with Crippen LogP contribution in [0, 0.1) is 0 Å². The second kappa shape index (κ2) is 8.10. The number of nitrogens with zero attached hydrogens (tertiary/aromatic N) is 2. The van der Waals surface area contributed by atoms with Gasteiger partial charge in [0.15, 0.2) is 0 Å². The zero-order valence-electron chi connectivity index (χ0n) is 13.7. The minimum Gasteiger partial charge on any atom is -0.492 e. The summed E-state index contributed by atoms with van der Waals surface area (Å²) >= 11 is 0. The Bertz CT molecular complexity index is 797. The van der Waals surface area contributed by atoms with Crippen molar-refractivity contribution in [1.29, 1.82) is 0 Å². The average molecular weight is 337 g/mol. The summed E-state index contributed by atoms with van der Waals surface area (Å²) in [7, 11) is 0. The summed E-state index contributed by atoms with van der Waals surface area (Å²) in [6.07, 6.45) is 5.21. The Morgan fingerprint density at radius 3 is 2.52 bits per heavy atom. The standard InChI is InChI=1S/C19H19N3O3/c23-19(24)12-15-5-3-14(4-6-15)2-1-11-25-16-7-8-17(20-13-16)18-9-10-21-22-18/h3-10,13H,1-2,11-12H2,(H,21,22)(H,23,24). The Morgan fingerprint density at radius 2 is 1.88 bits per heavy atom. The fraction of sp³-hybridized carbons (Fsp3) is 0.211. The van der Waals surface area contributed by atoms with Gasteiger partial charge in [0.05, 0.1) is 30.6 Å². The van der Waals surface area contributed by atoms with Crippen molar-refractivity contribution in [2.24, 2.45) is 0 Å². The molecule has 6 heteroatoms. The number of hydrogen-bond donors (Lipinski definition) is 2. The van der Waals surface area contributed by atoms with E-state index in [1.807, 2.05) is 42.5 Å². The van der Waals surface area contributed by atoms with Gasteiger partial charge in [-0.25, -0.2) is 0 Å². The molecule has 128 valence electrons. The number of nitrogens with one attached hydrogen (secondary N) is 1. The Morgan fingerprint density at radius 1 is 1.08 bits per heavy atom. The van der Waals surface area contributed by atoms with Crippen molar-refractivity contribution in [2.45, 2.75) is 19.3 Å². The molecule has 0 aliphatic heterocycles. The van der Waals surface area contributed by atoms with Gasteiger partial charge >= 0.3 is 5.97 Å². The summed E-state index contributed by atoms with van der Waals surface area (Å²) in [5.41, 5.74) is 3.69. The maximum Gasteiger partial charge on any atom is 0.307 e. The third-order valence-electron chi connectivity index (χ3n) is 3.77. The SMILES string of the molecule is O=C(O)Cc1ccc(CCCOc2ccc(-c3ccn[nH]3)nc2)cc1. The molecule has 0 spiro atoms. The molecule has 0 saturated heterocycles. The molecule has 0 aliphatic carbocycles. The van der Waals surface area contributed by atoms with Crippen LogP contribution in [-0.2, 0) is 17.6 Å². The zero-order chi connectivity index (χ0) is 17.5. The number of ether oxygens (including phenoxy) is 1. The van der Waals surface area contributed by atoms with E-state index in [0.717, 1.165) is 35.5 Å². The first-order valence-corrected chi connectivity index (χ1v) is 8.09. The average Bonchev–Trinajstić information content (AvgIpc) is 3.15. The second-order valence-corrected chi connectivity index (χ2v) is 5.69. The maximum atomic E-state index is 10.7. The Balaban J connectivity index is 1.43. The fourth-order valence-corrected chi connectivity index (χ4v) is 2.49. The van der Waals surface area contributed by atoms with E-state index in [0.29, 0.717) is 6.61 Å². The number of pyridine rings is 1. The third kappa shape index (κ3) is 4.91. The Kier molecular flexibility index (Phi) is 5.41. The molecular formula is C19H19N3O3. The Labute approximate surface area is 145 Å². The number of carboxylic acids is 1. The minimum absolute atomic E-state index is 0.0605. The highest BCUT2D eigenvalue weighted by molar-refractivity contribution is 5.70. The summed E-state index contributed by atoms with van der Waals surface area (Å²) in [5.74, 6) is -0.0756. The molecule has 0 fully saturated rings. The molecule has 2 aromatic heterocycles. The van der Waals surface area contributed by atoms with E-state index in [1.54, 1.807) is 12.4 Å². The summed E-state index contributed by atoms with van der Waals surface area (Å²) in [4.78, 5) is 15.0. The fourth-order valence-electron chi connectivity index (χ4n) is 2.49. The number of aromatic nitrogens is 3. The normalized spacial score (nSPS) is 10.6. The molecule has 2 heterocycles. The predicted octanol–water partition coefficient (Wildman–Crippen LogP) is 3.11. The van der Waals surface area contributed by atoms with Crippen LogP contribution in [0.15, 0.2) is 54.9 Å². The van der Waals surface area contributed by atoms with E-state index in [1.165, 1.54) is 5.56 Å². The van der Waals surface area contributed by atoms with Crippen LogP contribution in [0.4, 0.5) is 0 Å². The molecule has 0 bridgehead atoms. The lowest BCUT2D eigenvalue weighted by Crippen LogP contribution is -2.01. The molecule has 25 heavy (non-hydrogen) atoms. The molecule has 0 aliphatic rings. The van der Waals surface area contributed by atoms with Crippen LogP contribution in [0.25, 0.3) is 11.4 Å². The van der Waals surface area contributed by atoms with E-state index in [-0.39, 0.29) is 6.42 Å². The highest BCUT2D eigenvalue weighted by atomic mass is 16.5. The van der Waals surface area contributed by atoms with Crippen LogP contribution in [0.1, 0.15) is 17.5 Å². The van der Waals surface area contributed by atoms with Crippen LogP contribution in [0.3, 0.4) is 0 Å². The smallest absolute Gasteiger partial charge is 0.307 e. The van der Waals surface area contributed by atoms with Crippen molar-refractivity contribution < 1.29 is 14.6 Å². The number of benzene rings is 1. The largest absolute Gasteiger partial charge is 0.492 e. The van der Waals surface area contributed by atoms with Gasteiger partial charge in [0.25, 0.3) is 0 Å². The van der Waals surface area contributed by atoms with Crippen molar-refractivity contribution >= 4 is 5.97 Å². The monoisotopic (exact) mass is 337 g/mol. The number of hydrogen-bond acceptors (Lipinski definition) is 4. The lowest BCUT2D eigenvalue weighted by molar-refractivity contribution is -0.136.